The monoisotopic (exact) mass is 500 g/mol. The highest BCUT2D eigenvalue weighted by Gasteiger charge is 2.28. The minimum absolute atomic E-state index is 0.000203. The molecule has 0 radical (unpaired) electrons. The van der Waals surface area contributed by atoms with Crippen LogP contribution in [0.15, 0.2) is 83.8 Å². The highest BCUT2D eigenvalue weighted by atomic mass is 32.2. The fourth-order valence-electron chi connectivity index (χ4n) is 3.23. The molecule has 0 heterocycles. The van der Waals surface area contributed by atoms with Crippen molar-refractivity contribution in [2.45, 2.75) is 10.6 Å². The lowest BCUT2D eigenvalue weighted by Crippen LogP contribution is -2.41. The number of hydrogen-bond donors (Lipinski definition) is 1. The van der Waals surface area contributed by atoms with Crippen molar-refractivity contribution in [1.29, 1.82) is 0 Å². The first-order valence-corrected chi connectivity index (χ1v) is 13.2. The molecule has 7 nitrogen and oxygen atoms in total. The number of carbonyl (C=O) groups is 1. The molecule has 1 N–H and O–H groups in total. The van der Waals surface area contributed by atoms with Gasteiger partial charge in [0.1, 0.15) is 6.54 Å². The van der Waals surface area contributed by atoms with Crippen LogP contribution in [0.25, 0.3) is 0 Å². The average molecular weight is 501 g/mol. The summed E-state index contributed by atoms with van der Waals surface area (Å²) < 4.78 is 38.6. The molecule has 0 aliphatic heterocycles. The standard InChI is InChI=1S/C25H28N2O5S2/c1-31-23-14-13-22(17-24(23)32-2)34(29,30)27(21-11-7-4-8-12-21)18-25(28)26-15-16-33-19-20-9-5-3-6-10-20/h3-14,17H,15-16,18-19H2,1-2H3,(H,26,28). The van der Waals surface area contributed by atoms with E-state index in [4.69, 9.17) is 9.47 Å². The van der Waals surface area contributed by atoms with Crippen LogP contribution >= 0.6 is 11.8 Å². The summed E-state index contributed by atoms with van der Waals surface area (Å²) in [5, 5.41) is 2.82. The zero-order valence-electron chi connectivity index (χ0n) is 19.1. The van der Waals surface area contributed by atoms with Gasteiger partial charge in [-0.2, -0.15) is 11.8 Å². The highest BCUT2D eigenvalue weighted by molar-refractivity contribution is 7.98. The third kappa shape index (κ3) is 6.68. The predicted octanol–water partition coefficient (Wildman–Crippen LogP) is 3.95. The number of benzene rings is 3. The lowest BCUT2D eigenvalue weighted by Gasteiger charge is -2.24. The number of sulfonamides is 1. The third-order valence-corrected chi connectivity index (χ3v) is 7.75. The van der Waals surface area contributed by atoms with E-state index < -0.39 is 10.0 Å². The summed E-state index contributed by atoms with van der Waals surface area (Å²) in [5.41, 5.74) is 1.61. The zero-order chi connectivity index (χ0) is 24.4. The van der Waals surface area contributed by atoms with Gasteiger partial charge in [-0.05, 0) is 29.8 Å². The van der Waals surface area contributed by atoms with E-state index >= 15 is 0 Å². The van der Waals surface area contributed by atoms with Crippen molar-refractivity contribution < 1.29 is 22.7 Å². The number of thioether (sulfide) groups is 1. The molecule has 3 aromatic carbocycles. The molecule has 0 aromatic heterocycles. The summed E-state index contributed by atoms with van der Waals surface area (Å²) in [4.78, 5) is 12.7. The minimum Gasteiger partial charge on any atom is -0.493 e. The molecular weight excluding hydrogens is 472 g/mol. The molecule has 3 rings (SSSR count). The molecule has 0 atom stereocenters. The van der Waals surface area contributed by atoms with Crippen LogP contribution in [-0.4, -0.2) is 47.4 Å². The quantitative estimate of drug-likeness (QED) is 0.379. The SMILES string of the molecule is COc1ccc(S(=O)(=O)N(CC(=O)NCCSCc2ccccc2)c2ccccc2)cc1OC. The van der Waals surface area contributed by atoms with Gasteiger partial charge in [0.05, 0.1) is 24.8 Å². The van der Waals surface area contributed by atoms with Crippen molar-refractivity contribution in [2.75, 3.05) is 37.4 Å². The van der Waals surface area contributed by atoms with E-state index in [0.717, 1.165) is 10.1 Å². The van der Waals surface area contributed by atoms with E-state index in [0.29, 0.717) is 23.7 Å². The Kier molecular flexibility index (Phi) is 9.24. The Hall–Kier alpha value is -3.17. The summed E-state index contributed by atoms with van der Waals surface area (Å²) in [5.74, 6) is 1.89. The average Bonchev–Trinajstić information content (AvgIpc) is 2.87. The number of methoxy groups -OCH3 is 2. The minimum atomic E-state index is -4.05. The second kappa shape index (κ2) is 12.3. The summed E-state index contributed by atoms with van der Waals surface area (Å²) >= 11 is 1.70. The van der Waals surface area contributed by atoms with E-state index in [-0.39, 0.29) is 23.1 Å². The predicted molar refractivity (Wildman–Crippen MR) is 136 cm³/mol. The van der Waals surface area contributed by atoms with Gasteiger partial charge in [0.2, 0.25) is 5.91 Å². The van der Waals surface area contributed by atoms with Gasteiger partial charge in [0.25, 0.3) is 10.0 Å². The number of para-hydroxylation sites is 1. The van der Waals surface area contributed by atoms with Gasteiger partial charge < -0.3 is 14.8 Å². The van der Waals surface area contributed by atoms with Gasteiger partial charge in [-0.25, -0.2) is 8.42 Å². The maximum absolute atomic E-state index is 13.5. The summed E-state index contributed by atoms with van der Waals surface area (Å²) in [6.45, 7) is 0.0966. The van der Waals surface area contributed by atoms with Gasteiger partial charge in [-0.1, -0.05) is 48.5 Å². The number of ether oxygens (including phenoxy) is 2. The second-order valence-electron chi connectivity index (χ2n) is 7.25. The first-order chi connectivity index (χ1) is 16.5. The van der Waals surface area contributed by atoms with Crippen molar-refractivity contribution in [3.05, 3.63) is 84.4 Å². The number of rotatable bonds is 12. The summed E-state index contributed by atoms with van der Waals surface area (Å²) in [6.07, 6.45) is 0. The van der Waals surface area contributed by atoms with Gasteiger partial charge in [-0.3, -0.25) is 9.10 Å². The van der Waals surface area contributed by atoms with Crippen LogP contribution in [0, 0.1) is 0 Å². The Balaban J connectivity index is 1.69. The molecule has 1 amide bonds. The van der Waals surface area contributed by atoms with Crippen molar-refractivity contribution in [3.8, 4) is 11.5 Å². The Bertz CT molecular complexity index is 1170. The van der Waals surface area contributed by atoms with Gasteiger partial charge in [-0.15, -0.1) is 0 Å². The maximum Gasteiger partial charge on any atom is 0.264 e. The molecule has 0 unspecified atom stereocenters. The number of nitrogens with zero attached hydrogens (tertiary/aromatic N) is 1. The molecule has 0 aliphatic carbocycles. The molecule has 9 heteroatoms. The molecule has 0 fully saturated rings. The van der Waals surface area contributed by atoms with Gasteiger partial charge >= 0.3 is 0 Å². The van der Waals surface area contributed by atoms with E-state index in [9.17, 15) is 13.2 Å². The van der Waals surface area contributed by atoms with E-state index in [1.165, 1.54) is 38.0 Å². The van der Waals surface area contributed by atoms with Crippen LogP contribution in [0.1, 0.15) is 5.56 Å². The maximum atomic E-state index is 13.5. The number of anilines is 1. The number of carbonyl (C=O) groups excluding carboxylic acids is 1. The lowest BCUT2D eigenvalue weighted by molar-refractivity contribution is -0.119. The van der Waals surface area contributed by atoms with Gasteiger partial charge in [0.15, 0.2) is 11.5 Å². The Morgan fingerprint density at radius 3 is 2.21 bits per heavy atom. The molecule has 34 heavy (non-hydrogen) atoms. The van der Waals surface area contributed by atoms with Crippen LogP contribution in [0.4, 0.5) is 5.69 Å². The molecule has 0 saturated heterocycles. The van der Waals surface area contributed by atoms with Crippen molar-refractivity contribution in [2.24, 2.45) is 0 Å². The van der Waals surface area contributed by atoms with Crippen LogP contribution in [-0.2, 0) is 20.6 Å². The van der Waals surface area contributed by atoms with Crippen molar-refractivity contribution in [3.63, 3.8) is 0 Å². The first-order valence-electron chi connectivity index (χ1n) is 10.6. The molecular formula is C25H28N2O5S2. The van der Waals surface area contributed by atoms with Crippen LogP contribution in [0.2, 0.25) is 0 Å². The second-order valence-corrected chi connectivity index (χ2v) is 10.2. The van der Waals surface area contributed by atoms with Crippen molar-refractivity contribution in [1.82, 2.24) is 5.32 Å². The van der Waals surface area contributed by atoms with Crippen LogP contribution in [0.3, 0.4) is 0 Å². The van der Waals surface area contributed by atoms with Gasteiger partial charge in [0, 0.05) is 24.1 Å². The fraction of sp³-hybridized carbons (Fsp3) is 0.240. The molecule has 180 valence electrons. The third-order valence-electron chi connectivity index (χ3n) is 4.95. The topological polar surface area (TPSA) is 84.9 Å². The highest BCUT2D eigenvalue weighted by Crippen LogP contribution is 2.32. The Labute approximate surface area is 205 Å². The van der Waals surface area contributed by atoms with E-state index in [2.05, 4.69) is 17.4 Å². The molecule has 0 spiro atoms. The first kappa shape index (κ1) is 25.5. The smallest absolute Gasteiger partial charge is 0.264 e. The van der Waals surface area contributed by atoms with E-state index in [1.807, 2.05) is 18.2 Å². The number of nitrogens with one attached hydrogen (secondary N) is 1. The number of amides is 1. The Morgan fingerprint density at radius 2 is 1.56 bits per heavy atom. The van der Waals surface area contributed by atoms with E-state index in [1.54, 1.807) is 42.1 Å². The molecule has 3 aromatic rings. The largest absolute Gasteiger partial charge is 0.493 e. The Morgan fingerprint density at radius 1 is 0.912 bits per heavy atom. The molecule has 0 saturated carbocycles. The molecule has 0 aliphatic rings. The van der Waals surface area contributed by atoms with Crippen molar-refractivity contribution >= 4 is 33.4 Å². The molecule has 0 bridgehead atoms. The summed E-state index contributed by atoms with van der Waals surface area (Å²) in [6, 6.07) is 23.0. The fourth-order valence-corrected chi connectivity index (χ4v) is 5.48. The lowest BCUT2D eigenvalue weighted by atomic mass is 10.2. The van der Waals surface area contributed by atoms with Crippen LogP contribution in [0.5, 0.6) is 11.5 Å². The number of hydrogen-bond acceptors (Lipinski definition) is 6. The normalized spacial score (nSPS) is 11.0. The zero-order valence-corrected chi connectivity index (χ0v) is 20.8. The summed E-state index contributed by atoms with van der Waals surface area (Å²) in [7, 11) is -1.13. The van der Waals surface area contributed by atoms with Crippen LogP contribution < -0.4 is 19.1 Å².